The van der Waals surface area contributed by atoms with Crippen LogP contribution in [0.25, 0.3) is 0 Å². The second kappa shape index (κ2) is 45.9. The van der Waals surface area contributed by atoms with Gasteiger partial charge < -0.3 is 39.9 Å². The molecular weight excluding hydrogens is 884 g/mol. The van der Waals surface area contributed by atoms with Gasteiger partial charge in [-0.3, -0.25) is 13.8 Å². The summed E-state index contributed by atoms with van der Waals surface area (Å²) in [5.74, 6) is -0.470. The Morgan fingerprint density at radius 2 is 0.779 bits per heavy atom. The molecule has 0 bridgehead atoms. The molecule has 68 heavy (non-hydrogen) atoms. The standard InChI is InChI=1S/C55H107O12P/c1-3-5-7-9-11-13-15-17-19-21-22-23-24-25-26-27-29-31-33-35-37-39-41-43-45-64-46-48(47-65-68(62,63)67-55-53(60)51(58)50(57)52(59)54(55)61)66-49(56)44-42-40-38-36-34-32-30-28-20-18-16-14-12-10-8-6-4-2/h21-22,48,50-55,57-61H,3-20,23-47H2,1-2H3,(H,62,63)/b22-21-. The van der Waals surface area contributed by atoms with Crippen LogP contribution in [0.5, 0.6) is 0 Å². The maximum atomic E-state index is 12.9. The first-order valence-corrected chi connectivity index (χ1v) is 30.0. The van der Waals surface area contributed by atoms with Crippen LogP contribution in [0.2, 0.25) is 0 Å². The fourth-order valence-corrected chi connectivity index (χ4v) is 10.1. The third kappa shape index (κ3) is 36.9. The minimum absolute atomic E-state index is 0.0703. The van der Waals surface area contributed by atoms with E-state index in [0.717, 1.165) is 38.5 Å². The zero-order valence-electron chi connectivity index (χ0n) is 43.7. The SMILES string of the molecule is CCCCCCCCCC/C=C\CCCCCCCCCCCCCCOCC(COP(=O)(O)OC1C(O)C(O)C(O)C(O)C1O)OC(=O)CCCCCCCCCCCCCCCCCCC. The monoisotopic (exact) mass is 991 g/mol. The highest BCUT2D eigenvalue weighted by Gasteiger charge is 2.51. The van der Waals surface area contributed by atoms with E-state index >= 15 is 0 Å². The first-order valence-electron chi connectivity index (χ1n) is 28.5. The Labute approximate surface area is 416 Å². The van der Waals surface area contributed by atoms with E-state index in [1.165, 1.54) is 205 Å². The Kier molecular flexibility index (Phi) is 43.9. The van der Waals surface area contributed by atoms with E-state index in [0.29, 0.717) is 13.0 Å². The van der Waals surface area contributed by atoms with Gasteiger partial charge >= 0.3 is 13.8 Å². The number of unbranched alkanes of at least 4 members (excludes halogenated alkanes) is 36. The molecule has 404 valence electrons. The summed E-state index contributed by atoms with van der Waals surface area (Å²) in [6.45, 7) is 4.32. The van der Waals surface area contributed by atoms with Crippen LogP contribution in [-0.4, -0.2) is 98.9 Å². The highest BCUT2D eigenvalue weighted by Crippen LogP contribution is 2.47. The second-order valence-corrected chi connectivity index (χ2v) is 21.6. The number of allylic oxidation sites excluding steroid dienone is 2. The van der Waals surface area contributed by atoms with E-state index in [1.807, 2.05) is 0 Å². The number of aliphatic hydroxyl groups excluding tert-OH is 5. The van der Waals surface area contributed by atoms with Gasteiger partial charge in [0.05, 0.1) is 13.2 Å². The Morgan fingerprint density at radius 3 is 1.16 bits per heavy atom. The fraction of sp³-hybridized carbons (Fsp3) is 0.945. The molecule has 0 aromatic rings. The van der Waals surface area contributed by atoms with Crippen molar-refractivity contribution in [3.05, 3.63) is 12.2 Å². The lowest BCUT2D eigenvalue weighted by Gasteiger charge is -2.41. The normalized spacial score (nSPS) is 21.1. The number of esters is 1. The number of rotatable bonds is 50. The van der Waals surface area contributed by atoms with Gasteiger partial charge in [-0.25, -0.2) is 4.57 Å². The van der Waals surface area contributed by atoms with Crippen LogP contribution < -0.4 is 0 Å². The van der Waals surface area contributed by atoms with E-state index in [9.17, 15) is 39.8 Å². The lowest BCUT2D eigenvalue weighted by atomic mass is 9.85. The van der Waals surface area contributed by atoms with E-state index in [2.05, 4.69) is 26.0 Å². The molecule has 13 heteroatoms. The summed E-state index contributed by atoms with van der Waals surface area (Å²) in [4.78, 5) is 23.3. The van der Waals surface area contributed by atoms with Crippen LogP contribution in [0.15, 0.2) is 12.2 Å². The van der Waals surface area contributed by atoms with Crippen molar-refractivity contribution in [2.75, 3.05) is 19.8 Å². The van der Waals surface area contributed by atoms with Crippen molar-refractivity contribution in [3.63, 3.8) is 0 Å². The lowest BCUT2D eigenvalue weighted by Crippen LogP contribution is -2.64. The van der Waals surface area contributed by atoms with Crippen molar-refractivity contribution >= 4 is 13.8 Å². The number of carbonyl (C=O) groups is 1. The van der Waals surface area contributed by atoms with Gasteiger partial charge in [0.1, 0.15) is 42.7 Å². The zero-order chi connectivity index (χ0) is 49.8. The minimum atomic E-state index is -5.02. The quantitative estimate of drug-likeness (QED) is 0.0146. The molecule has 1 aliphatic rings. The third-order valence-corrected chi connectivity index (χ3v) is 14.6. The maximum Gasteiger partial charge on any atom is 0.472 e. The van der Waals surface area contributed by atoms with Crippen molar-refractivity contribution in [1.82, 2.24) is 0 Å². The van der Waals surface area contributed by atoms with Crippen LogP contribution in [0, 0.1) is 0 Å². The lowest BCUT2D eigenvalue weighted by molar-refractivity contribution is -0.220. The van der Waals surface area contributed by atoms with Crippen molar-refractivity contribution in [3.8, 4) is 0 Å². The molecule has 6 unspecified atom stereocenters. The summed E-state index contributed by atoms with van der Waals surface area (Å²) in [5.41, 5.74) is 0. The molecular formula is C55H107O12P. The van der Waals surface area contributed by atoms with E-state index in [1.54, 1.807) is 0 Å². The second-order valence-electron chi connectivity index (χ2n) is 20.1. The van der Waals surface area contributed by atoms with Crippen LogP contribution in [0.3, 0.4) is 0 Å². The smallest absolute Gasteiger partial charge is 0.457 e. The molecule has 1 rings (SSSR count). The average molecular weight is 991 g/mol. The molecule has 0 aliphatic heterocycles. The predicted molar refractivity (Wildman–Crippen MR) is 277 cm³/mol. The van der Waals surface area contributed by atoms with Crippen LogP contribution in [-0.2, 0) is 27.9 Å². The number of aliphatic hydroxyl groups is 5. The molecule has 1 saturated carbocycles. The first kappa shape index (κ1) is 65.1. The summed E-state index contributed by atoms with van der Waals surface area (Å²) < 4.78 is 34.4. The van der Waals surface area contributed by atoms with Gasteiger partial charge in [0.25, 0.3) is 0 Å². The molecule has 6 atom stereocenters. The van der Waals surface area contributed by atoms with Gasteiger partial charge in [-0.05, 0) is 38.5 Å². The fourth-order valence-electron chi connectivity index (χ4n) is 9.12. The molecule has 1 fully saturated rings. The molecule has 0 heterocycles. The van der Waals surface area contributed by atoms with Crippen molar-refractivity contribution in [1.29, 1.82) is 0 Å². The molecule has 12 nitrogen and oxygen atoms in total. The summed E-state index contributed by atoms with van der Waals surface area (Å²) in [7, 11) is -5.02. The third-order valence-electron chi connectivity index (χ3n) is 13.6. The number of phosphoric acid groups is 1. The van der Waals surface area contributed by atoms with Gasteiger partial charge in [0.15, 0.2) is 0 Å². The molecule has 0 spiro atoms. The van der Waals surface area contributed by atoms with Crippen molar-refractivity contribution in [2.24, 2.45) is 0 Å². The Morgan fingerprint density at radius 1 is 0.456 bits per heavy atom. The van der Waals surface area contributed by atoms with Crippen molar-refractivity contribution in [2.45, 2.75) is 313 Å². The van der Waals surface area contributed by atoms with E-state index in [-0.39, 0.29) is 13.0 Å². The van der Waals surface area contributed by atoms with Gasteiger partial charge in [0, 0.05) is 13.0 Å². The summed E-state index contributed by atoms with van der Waals surface area (Å²) in [6, 6.07) is 0. The van der Waals surface area contributed by atoms with Crippen LogP contribution in [0.4, 0.5) is 0 Å². The number of hydrogen-bond donors (Lipinski definition) is 6. The zero-order valence-corrected chi connectivity index (χ0v) is 44.6. The number of hydrogen-bond acceptors (Lipinski definition) is 11. The Balaban J connectivity index is 2.26. The topological polar surface area (TPSA) is 192 Å². The van der Waals surface area contributed by atoms with Crippen LogP contribution >= 0.6 is 7.82 Å². The van der Waals surface area contributed by atoms with E-state index in [4.69, 9.17) is 18.5 Å². The molecule has 0 aromatic carbocycles. The number of ether oxygens (including phenoxy) is 2. The number of phosphoric ester groups is 1. The van der Waals surface area contributed by atoms with Crippen molar-refractivity contribution < 1.29 is 58.3 Å². The average Bonchev–Trinajstić information content (AvgIpc) is 3.32. The summed E-state index contributed by atoms with van der Waals surface area (Å²) in [5, 5.41) is 50.4. The van der Waals surface area contributed by atoms with Crippen LogP contribution in [0.1, 0.15) is 271 Å². The highest BCUT2D eigenvalue weighted by atomic mass is 31.2. The predicted octanol–water partition coefficient (Wildman–Crippen LogP) is 13.4. The molecule has 0 amide bonds. The largest absolute Gasteiger partial charge is 0.472 e. The van der Waals surface area contributed by atoms with Gasteiger partial charge in [-0.1, -0.05) is 238 Å². The van der Waals surface area contributed by atoms with Gasteiger partial charge in [-0.2, -0.15) is 0 Å². The van der Waals surface area contributed by atoms with Gasteiger partial charge in [0.2, 0.25) is 0 Å². The molecule has 0 radical (unpaired) electrons. The summed E-state index contributed by atoms with van der Waals surface area (Å²) >= 11 is 0. The number of carbonyl (C=O) groups excluding carboxylic acids is 1. The molecule has 0 saturated heterocycles. The first-order chi connectivity index (χ1) is 33.0. The molecule has 6 N–H and O–H groups in total. The molecule has 1 aliphatic carbocycles. The maximum absolute atomic E-state index is 12.9. The van der Waals surface area contributed by atoms with E-state index < -0.39 is 63.1 Å². The molecule has 0 aromatic heterocycles. The highest BCUT2D eigenvalue weighted by molar-refractivity contribution is 7.47. The Hall–Kier alpha value is -0.920. The Bertz CT molecular complexity index is 1180. The minimum Gasteiger partial charge on any atom is -0.457 e. The van der Waals surface area contributed by atoms with Gasteiger partial charge in [-0.15, -0.1) is 0 Å². The summed E-state index contributed by atoms with van der Waals surface area (Å²) in [6.07, 6.45) is 41.4.